The predicted octanol–water partition coefficient (Wildman–Crippen LogP) is 2.56. The van der Waals surface area contributed by atoms with E-state index in [1.54, 1.807) is 31.0 Å². The van der Waals surface area contributed by atoms with Gasteiger partial charge in [-0.05, 0) is 38.6 Å². The van der Waals surface area contributed by atoms with Gasteiger partial charge in [-0.1, -0.05) is 17.5 Å². The summed E-state index contributed by atoms with van der Waals surface area (Å²) in [4.78, 5) is 27.3. The highest BCUT2D eigenvalue weighted by Gasteiger charge is 2.46. The van der Waals surface area contributed by atoms with Gasteiger partial charge in [0.05, 0.1) is 13.7 Å². The zero-order chi connectivity index (χ0) is 19.6. The first kappa shape index (κ1) is 20.4. The number of terminal acetylenes is 1. The summed E-state index contributed by atoms with van der Waals surface area (Å²) in [6.07, 6.45) is 5.43. The van der Waals surface area contributed by atoms with Gasteiger partial charge < -0.3 is 9.84 Å². The number of methoxy groups -OCH3 is 1. The standard InChI is InChI=1S/C20H24ClNO4/c1-6-7-22(4)20(3,25)13-10-15(23)19(16(24)11-13)18-14(21)8-12(2)9-17(18)26-5/h1,8-9,13,19,25H,7,10-11H2,2-5H3. The summed E-state index contributed by atoms with van der Waals surface area (Å²) in [6, 6.07) is 3.47. The van der Waals surface area contributed by atoms with Gasteiger partial charge in [0.15, 0.2) is 0 Å². The molecule has 1 aliphatic carbocycles. The molecule has 0 saturated heterocycles. The fourth-order valence-corrected chi connectivity index (χ4v) is 3.84. The summed E-state index contributed by atoms with van der Waals surface area (Å²) >= 11 is 6.33. The van der Waals surface area contributed by atoms with E-state index >= 15 is 0 Å². The maximum absolute atomic E-state index is 12.8. The second-order valence-electron chi connectivity index (χ2n) is 6.99. The molecular formula is C20H24ClNO4. The van der Waals surface area contributed by atoms with Gasteiger partial charge in [-0.2, -0.15) is 0 Å². The Morgan fingerprint density at radius 2 is 1.96 bits per heavy atom. The number of ether oxygens (including phenoxy) is 1. The van der Waals surface area contributed by atoms with Crippen molar-refractivity contribution >= 4 is 23.2 Å². The Balaban J connectivity index is 2.35. The molecule has 0 heterocycles. The lowest BCUT2D eigenvalue weighted by Gasteiger charge is -2.42. The fourth-order valence-electron chi connectivity index (χ4n) is 3.46. The summed E-state index contributed by atoms with van der Waals surface area (Å²) in [7, 11) is 3.15. The zero-order valence-electron chi connectivity index (χ0n) is 15.5. The van der Waals surface area contributed by atoms with Gasteiger partial charge in [-0.25, -0.2) is 0 Å². The van der Waals surface area contributed by atoms with Crippen molar-refractivity contribution < 1.29 is 19.4 Å². The number of carbonyl (C=O) groups excluding carboxylic acids is 2. The molecule has 0 aromatic heterocycles. The molecule has 140 valence electrons. The number of halogens is 1. The van der Waals surface area contributed by atoms with Crippen LogP contribution in [0.2, 0.25) is 5.02 Å². The molecule has 1 unspecified atom stereocenters. The minimum atomic E-state index is -1.36. The van der Waals surface area contributed by atoms with E-state index in [0.717, 1.165) is 5.56 Å². The maximum Gasteiger partial charge on any atom is 0.148 e. The summed E-state index contributed by atoms with van der Waals surface area (Å²) in [5.41, 5.74) is -0.0723. The Labute approximate surface area is 159 Å². The van der Waals surface area contributed by atoms with Crippen LogP contribution in [0.3, 0.4) is 0 Å². The monoisotopic (exact) mass is 377 g/mol. The lowest BCUT2D eigenvalue weighted by Crippen LogP contribution is -2.53. The second kappa shape index (κ2) is 7.79. The lowest BCUT2D eigenvalue weighted by atomic mass is 9.72. The van der Waals surface area contributed by atoms with Crippen molar-refractivity contribution in [2.45, 2.75) is 38.3 Å². The average molecular weight is 378 g/mol. The van der Waals surface area contributed by atoms with E-state index in [1.807, 2.05) is 6.92 Å². The second-order valence-corrected chi connectivity index (χ2v) is 7.39. The summed E-state index contributed by atoms with van der Waals surface area (Å²) in [5.74, 6) is 0.836. The Morgan fingerprint density at radius 1 is 1.38 bits per heavy atom. The molecule has 0 spiro atoms. The molecule has 0 bridgehead atoms. The number of benzene rings is 1. The molecular weight excluding hydrogens is 354 g/mol. The van der Waals surface area contributed by atoms with Crippen LogP contribution in [0.1, 0.15) is 36.8 Å². The Kier molecular flexibility index (Phi) is 6.13. The first-order valence-corrected chi connectivity index (χ1v) is 8.77. The van der Waals surface area contributed by atoms with Gasteiger partial charge in [0.25, 0.3) is 0 Å². The van der Waals surface area contributed by atoms with Crippen LogP contribution in [-0.2, 0) is 9.59 Å². The van der Waals surface area contributed by atoms with Crippen LogP contribution in [0.5, 0.6) is 5.75 Å². The Bertz CT molecular complexity index is 748. The number of hydrogen-bond donors (Lipinski definition) is 1. The van der Waals surface area contributed by atoms with Crippen LogP contribution in [-0.4, -0.2) is 48.0 Å². The van der Waals surface area contributed by atoms with Crippen LogP contribution in [0.15, 0.2) is 12.1 Å². The SMILES string of the molecule is C#CCN(C)C(C)(O)C1CC(=O)C(c2c(Cl)cc(C)cc2OC)C(=O)C1. The third-order valence-corrected chi connectivity index (χ3v) is 5.47. The number of Topliss-reactive ketones (excluding diaryl/α,β-unsaturated/α-hetero) is 2. The normalized spacial score (nSPS) is 22.8. The minimum Gasteiger partial charge on any atom is -0.496 e. The van der Waals surface area contributed by atoms with Crippen LogP contribution < -0.4 is 4.74 Å². The number of aliphatic hydroxyl groups is 1. The smallest absolute Gasteiger partial charge is 0.148 e. The van der Waals surface area contributed by atoms with Crippen molar-refractivity contribution in [1.29, 1.82) is 0 Å². The van der Waals surface area contributed by atoms with E-state index in [0.29, 0.717) is 16.3 Å². The summed E-state index contributed by atoms with van der Waals surface area (Å²) < 4.78 is 5.35. The molecule has 0 radical (unpaired) electrons. The van der Waals surface area contributed by atoms with E-state index in [2.05, 4.69) is 5.92 Å². The topological polar surface area (TPSA) is 66.8 Å². The van der Waals surface area contributed by atoms with E-state index < -0.39 is 17.6 Å². The van der Waals surface area contributed by atoms with Crippen molar-refractivity contribution in [3.05, 3.63) is 28.3 Å². The molecule has 1 saturated carbocycles. The lowest BCUT2D eigenvalue weighted by molar-refractivity contribution is -0.153. The average Bonchev–Trinajstić information content (AvgIpc) is 2.55. The fraction of sp³-hybridized carbons (Fsp3) is 0.500. The molecule has 1 aromatic carbocycles. The van der Waals surface area contributed by atoms with Crippen molar-refractivity contribution in [1.82, 2.24) is 4.90 Å². The number of hydrogen-bond acceptors (Lipinski definition) is 5. The molecule has 1 aromatic rings. The number of ketones is 2. The summed E-state index contributed by atoms with van der Waals surface area (Å²) in [5, 5.41) is 11.1. The maximum atomic E-state index is 12.8. The predicted molar refractivity (Wildman–Crippen MR) is 100 cm³/mol. The van der Waals surface area contributed by atoms with Crippen molar-refractivity contribution in [2.24, 2.45) is 5.92 Å². The van der Waals surface area contributed by atoms with E-state index in [9.17, 15) is 14.7 Å². The highest BCUT2D eigenvalue weighted by Crippen LogP contribution is 2.42. The number of nitrogens with zero attached hydrogens (tertiary/aromatic N) is 1. The quantitative estimate of drug-likeness (QED) is 0.485. The molecule has 0 aliphatic heterocycles. The van der Waals surface area contributed by atoms with Gasteiger partial charge in [0, 0.05) is 29.3 Å². The van der Waals surface area contributed by atoms with Gasteiger partial charge in [-0.3, -0.25) is 14.5 Å². The molecule has 2 rings (SSSR count). The molecule has 0 amide bonds. The van der Waals surface area contributed by atoms with Crippen LogP contribution >= 0.6 is 11.6 Å². The van der Waals surface area contributed by atoms with Crippen molar-refractivity contribution in [3.8, 4) is 18.1 Å². The molecule has 1 aliphatic rings. The highest BCUT2D eigenvalue weighted by atomic mass is 35.5. The molecule has 26 heavy (non-hydrogen) atoms. The van der Waals surface area contributed by atoms with E-state index in [-0.39, 0.29) is 31.0 Å². The third-order valence-electron chi connectivity index (χ3n) is 5.16. The van der Waals surface area contributed by atoms with Crippen molar-refractivity contribution in [2.75, 3.05) is 20.7 Å². The van der Waals surface area contributed by atoms with Crippen LogP contribution in [0.25, 0.3) is 0 Å². The Morgan fingerprint density at radius 3 is 2.46 bits per heavy atom. The third kappa shape index (κ3) is 3.78. The first-order valence-electron chi connectivity index (χ1n) is 8.40. The number of aryl methyl sites for hydroxylation is 1. The van der Waals surface area contributed by atoms with Gasteiger partial charge in [0.2, 0.25) is 0 Å². The Hall–Kier alpha value is -1.87. The first-order chi connectivity index (χ1) is 12.1. The van der Waals surface area contributed by atoms with Crippen LogP contribution in [0, 0.1) is 25.2 Å². The molecule has 1 fully saturated rings. The van der Waals surface area contributed by atoms with E-state index in [1.165, 1.54) is 7.11 Å². The minimum absolute atomic E-state index is 0.0612. The molecule has 1 atom stereocenters. The van der Waals surface area contributed by atoms with E-state index in [4.69, 9.17) is 22.8 Å². The summed E-state index contributed by atoms with van der Waals surface area (Å²) in [6.45, 7) is 3.65. The van der Waals surface area contributed by atoms with Crippen molar-refractivity contribution in [3.63, 3.8) is 0 Å². The van der Waals surface area contributed by atoms with Gasteiger partial charge >= 0.3 is 0 Å². The zero-order valence-corrected chi connectivity index (χ0v) is 16.3. The van der Waals surface area contributed by atoms with Gasteiger partial charge in [-0.15, -0.1) is 6.42 Å². The molecule has 5 nitrogen and oxygen atoms in total. The highest BCUT2D eigenvalue weighted by molar-refractivity contribution is 6.32. The molecule has 1 N–H and O–H groups in total. The molecule has 6 heteroatoms. The largest absolute Gasteiger partial charge is 0.496 e. The number of carbonyl (C=O) groups is 2. The van der Waals surface area contributed by atoms with Gasteiger partial charge in [0.1, 0.15) is 29.0 Å². The number of rotatable bonds is 5. The van der Waals surface area contributed by atoms with Crippen LogP contribution in [0.4, 0.5) is 0 Å².